The second kappa shape index (κ2) is 8.92. The molecule has 4 rings (SSSR count). The first-order valence-electron chi connectivity index (χ1n) is 10.6. The van der Waals surface area contributed by atoms with Gasteiger partial charge in [0.2, 0.25) is 0 Å². The minimum atomic E-state index is -0.412. The lowest BCUT2D eigenvalue weighted by atomic mass is 9.94. The average molecular weight is 412 g/mol. The second-order valence-electron chi connectivity index (χ2n) is 8.29. The predicted octanol–water partition coefficient (Wildman–Crippen LogP) is 2.96. The number of nitrogens with one attached hydrogen (secondary N) is 1. The molecule has 0 spiro atoms. The number of methoxy groups -OCH3 is 1. The minimum absolute atomic E-state index is 0.0127. The van der Waals surface area contributed by atoms with Crippen molar-refractivity contribution in [3.63, 3.8) is 0 Å². The fourth-order valence-corrected chi connectivity index (χ4v) is 4.39. The smallest absolute Gasteiger partial charge is 0.409 e. The minimum Gasteiger partial charge on any atom is -0.453 e. The van der Waals surface area contributed by atoms with Gasteiger partial charge in [-0.05, 0) is 41.7 Å². The molecule has 1 aliphatic heterocycles. The number of ether oxygens (including phenoxy) is 1. The zero-order valence-electron chi connectivity index (χ0n) is 17.3. The van der Waals surface area contributed by atoms with E-state index in [0.717, 1.165) is 23.8 Å². The van der Waals surface area contributed by atoms with Crippen LogP contribution in [0.25, 0.3) is 10.8 Å². The Morgan fingerprint density at radius 3 is 2.60 bits per heavy atom. The van der Waals surface area contributed by atoms with Crippen LogP contribution in [0.4, 0.5) is 9.59 Å². The number of fused-ring (bicyclic) bond motifs is 1. The monoisotopic (exact) mass is 411 g/mol. The summed E-state index contributed by atoms with van der Waals surface area (Å²) < 4.78 is 4.87. The SMILES string of the molecule is COC(=O)N1C[C@@H](CO)C[C@@H](N(C(=O)NCc2ccc3ccccc3c2)C2CC2)C1. The van der Waals surface area contributed by atoms with Crippen molar-refractivity contribution in [2.45, 2.75) is 37.9 Å². The summed E-state index contributed by atoms with van der Waals surface area (Å²) in [4.78, 5) is 28.7. The molecule has 1 saturated carbocycles. The van der Waals surface area contributed by atoms with E-state index in [-0.39, 0.29) is 30.6 Å². The summed E-state index contributed by atoms with van der Waals surface area (Å²) in [6, 6.07) is 14.3. The van der Waals surface area contributed by atoms with E-state index in [1.807, 2.05) is 23.1 Å². The lowest BCUT2D eigenvalue weighted by molar-refractivity contribution is 0.0465. The topological polar surface area (TPSA) is 82.1 Å². The summed E-state index contributed by atoms with van der Waals surface area (Å²) in [6.45, 7) is 1.32. The molecule has 3 amide bonds. The highest BCUT2D eigenvalue weighted by atomic mass is 16.5. The largest absolute Gasteiger partial charge is 0.453 e. The summed E-state index contributed by atoms with van der Waals surface area (Å²) >= 11 is 0. The lowest BCUT2D eigenvalue weighted by Crippen LogP contribution is -2.57. The van der Waals surface area contributed by atoms with Crippen molar-refractivity contribution in [1.29, 1.82) is 0 Å². The molecule has 0 radical (unpaired) electrons. The number of hydrogen-bond acceptors (Lipinski definition) is 4. The highest BCUT2D eigenvalue weighted by Gasteiger charge is 2.42. The fourth-order valence-electron chi connectivity index (χ4n) is 4.39. The molecule has 0 aromatic heterocycles. The van der Waals surface area contributed by atoms with Crippen molar-refractivity contribution in [2.75, 3.05) is 26.8 Å². The van der Waals surface area contributed by atoms with Gasteiger partial charge in [0.25, 0.3) is 0 Å². The van der Waals surface area contributed by atoms with Crippen molar-refractivity contribution in [1.82, 2.24) is 15.1 Å². The van der Waals surface area contributed by atoms with E-state index in [4.69, 9.17) is 4.74 Å². The van der Waals surface area contributed by atoms with Gasteiger partial charge in [0, 0.05) is 38.2 Å². The Bertz CT molecular complexity index is 914. The Morgan fingerprint density at radius 1 is 1.13 bits per heavy atom. The first kappa shape index (κ1) is 20.5. The third kappa shape index (κ3) is 4.51. The Hall–Kier alpha value is -2.80. The number of aliphatic hydroxyl groups excluding tert-OH is 1. The Kier molecular flexibility index (Phi) is 6.08. The fraction of sp³-hybridized carbons (Fsp3) is 0.478. The Labute approximate surface area is 176 Å². The number of piperidine rings is 1. The molecule has 7 nitrogen and oxygen atoms in total. The van der Waals surface area contributed by atoms with E-state index < -0.39 is 6.09 Å². The molecule has 2 fully saturated rings. The number of nitrogens with zero attached hydrogens (tertiary/aromatic N) is 2. The normalized spacial score (nSPS) is 21.3. The number of benzene rings is 2. The van der Waals surface area contributed by atoms with Gasteiger partial charge in [-0.15, -0.1) is 0 Å². The van der Waals surface area contributed by atoms with Gasteiger partial charge in [0.05, 0.1) is 13.2 Å². The maximum absolute atomic E-state index is 13.1. The van der Waals surface area contributed by atoms with E-state index in [0.29, 0.717) is 26.1 Å². The number of rotatable bonds is 5. The van der Waals surface area contributed by atoms with E-state index >= 15 is 0 Å². The molecular formula is C23H29N3O4. The van der Waals surface area contributed by atoms with Crippen LogP contribution in [0.5, 0.6) is 0 Å². The molecule has 160 valence electrons. The van der Waals surface area contributed by atoms with E-state index in [1.165, 1.54) is 12.5 Å². The predicted molar refractivity (Wildman–Crippen MR) is 114 cm³/mol. The van der Waals surface area contributed by atoms with Gasteiger partial charge in [0.15, 0.2) is 0 Å². The van der Waals surface area contributed by atoms with Gasteiger partial charge >= 0.3 is 12.1 Å². The van der Waals surface area contributed by atoms with Crippen molar-refractivity contribution >= 4 is 22.9 Å². The molecule has 7 heteroatoms. The summed E-state index contributed by atoms with van der Waals surface area (Å²) in [5.74, 6) is -0.0580. The molecule has 0 unspecified atom stereocenters. The summed E-state index contributed by atoms with van der Waals surface area (Å²) in [7, 11) is 1.36. The standard InChI is InChI=1S/C23H29N3O4/c1-30-23(29)25-13-17(15-27)11-21(14-25)26(20-8-9-20)22(28)24-12-16-6-7-18-4-2-3-5-19(18)10-16/h2-7,10,17,20-21,27H,8-9,11-15H2,1H3,(H,24,28)/t17-,21+/m0/s1. The van der Waals surface area contributed by atoms with Gasteiger partial charge < -0.3 is 25.0 Å². The molecule has 2 aromatic carbocycles. The van der Waals surface area contributed by atoms with Crippen molar-refractivity contribution < 1.29 is 19.4 Å². The summed E-state index contributed by atoms with van der Waals surface area (Å²) in [6.07, 6.45) is 2.22. The third-order valence-electron chi connectivity index (χ3n) is 6.03. The zero-order chi connectivity index (χ0) is 21.1. The maximum Gasteiger partial charge on any atom is 0.409 e. The molecule has 1 aliphatic carbocycles. The van der Waals surface area contributed by atoms with Crippen LogP contribution >= 0.6 is 0 Å². The van der Waals surface area contributed by atoms with Crippen LogP contribution in [0.3, 0.4) is 0 Å². The van der Waals surface area contributed by atoms with Crippen LogP contribution < -0.4 is 5.32 Å². The second-order valence-corrected chi connectivity index (χ2v) is 8.29. The first-order valence-corrected chi connectivity index (χ1v) is 10.6. The van der Waals surface area contributed by atoms with Crippen molar-refractivity contribution in [2.24, 2.45) is 5.92 Å². The number of carbonyl (C=O) groups excluding carboxylic acids is 2. The van der Waals surface area contributed by atoms with Crippen LogP contribution in [0, 0.1) is 5.92 Å². The molecule has 0 bridgehead atoms. The maximum atomic E-state index is 13.1. The number of amides is 3. The highest BCUT2D eigenvalue weighted by Crippen LogP contribution is 2.33. The summed E-state index contributed by atoms with van der Waals surface area (Å²) in [5, 5.41) is 15.1. The number of urea groups is 1. The lowest BCUT2D eigenvalue weighted by Gasteiger charge is -2.41. The molecule has 1 heterocycles. The molecule has 2 N–H and O–H groups in total. The van der Waals surface area contributed by atoms with Gasteiger partial charge in [-0.25, -0.2) is 9.59 Å². The zero-order valence-corrected chi connectivity index (χ0v) is 17.3. The number of aliphatic hydroxyl groups is 1. The molecule has 2 aliphatic rings. The summed E-state index contributed by atoms with van der Waals surface area (Å²) in [5.41, 5.74) is 1.05. The molecule has 2 atom stereocenters. The van der Waals surface area contributed by atoms with Gasteiger partial charge in [-0.2, -0.15) is 0 Å². The average Bonchev–Trinajstić information content (AvgIpc) is 3.61. The molecule has 30 heavy (non-hydrogen) atoms. The molecule has 1 saturated heterocycles. The quantitative estimate of drug-likeness (QED) is 0.793. The Morgan fingerprint density at radius 2 is 1.90 bits per heavy atom. The van der Waals surface area contributed by atoms with E-state index in [1.54, 1.807) is 4.90 Å². The molecule has 2 aromatic rings. The Balaban J connectivity index is 1.45. The third-order valence-corrected chi connectivity index (χ3v) is 6.03. The number of hydrogen-bond donors (Lipinski definition) is 2. The van der Waals surface area contributed by atoms with Crippen molar-refractivity contribution in [3.8, 4) is 0 Å². The van der Waals surface area contributed by atoms with E-state index in [9.17, 15) is 14.7 Å². The van der Waals surface area contributed by atoms with Crippen LogP contribution in [0.2, 0.25) is 0 Å². The number of likely N-dealkylation sites (tertiary alicyclic amines) is 1. The van der Waals surface area contributed by atoms with Gasteiger partial charge in [0.1, 0.15) is 0 Å². The van der Waals surface area contributed by atoms with Gasteiger partial charge in [-0.3, -0.25) is 0 Å². The van der Waals surface area contributed by atoms with Crippen LogP contribution in [-0.2, 0) is 11.3 Å². The number of carbonyl (C=O) groups is 2. The van der Waals surface area contributed by atoms with Crippen molar-refractivity contribution in [3.05, 3.63) is 48.0 Å². The van der Waals surface area contributed by atoms with Crippen LogP contribution in [0.1, 0.15) is 24.8 Å². The van der Waals surface area contributed by atoms with E-state index in [2.05, 4.69) is 29.6 Å². The molecular weight excluding hydrogens is 382 g/mol. The van der Waals surface area contributed by atoms with Crippen LogP contribution in [0.15, 0.2) is 42.5 Å². The van der Waals surface area contributed by atoms with Crippen LogP contribution in [-0.4, -0.2) is 65.9 Å². The van der Waals surface area contributed by atoms with Gasteiger partial charge in [-0.1, -0.05) is 36.4 Å². The first-order chi connectivity index (χ1) is 14.6. The highest BCUT2D eigenvalue weighted by molar-refractivity contribution is 5.83.